The molecule has 0 saturated carbocycles. The first-order valence-electron chi connectivity index (χ1n) is 8.47. The normalized spacial score (nSPS) is 22.4. The van der Waals surface area contributed by atoms with Crippen LogP contribution in [0.4, 0.5) is 0 Å². The number of nitrogens with zero attached hydrogens (tertiary/aromatic N) is 3. The van der Waals surface area contributed by atoms with Gasteiger partial charge in [0, 0.05) is 39.1 Å². The molecule has 0 aromatic heterocycles. The summed E-state index contributed by atoms with van der Waals surface area (Å²) < 4.78 is 0. The topological polar surface area (TPSA) is 43.9 Å². The molecule has 1 unspecified atom stereocenters. The fourth-order valence-corrected chi connectivity index (χ4v) is 3.61. The van der Waals surface area contributed by atoms with Gasteiger partial charge in [0.05, 0.1) is 6.54 Å². The third-order valence-corrected chi connectivity index (χ3v) is 4.96. The Hall–Kier alpha value is -1.88. The van der Waals surface area contributed by atoms with Crippen LogP contribution < -0.4 is 0 Å². The predicted octanol–water partition coefficient (Wildman–Crippen LogP) is 1.51. The lowest BCUT2D eigenvalue weighted by atomic mass is 10.0. The highest BCUT2D eigenvalue weighted by Crippen LogP contribution is 2.31. The minimum Gasteiger partial charge on any atom is -0.339 e. The third-order valence-electron chi connectivity index (χ3n) is 4.96. The summed E-state index contributed by atoms with van der Waals surface area (Å²) in [6, 6.07) is 10.8. The van der Waals surface area contributed by atoms with E-state index in [1.807, 2.05) is 15.9 Å². The van der Waals surface area contributed by atoms with Crippen LogP contribution in [0.5, 0.6) is 0 Å². The second kappa shape index (κ2) is 7.13. The molecule has 2 aliphatic rings. The van der Waals surface area contributed by atoms with Gasteiger partial charge in [0.25, 0.3) is 0 Å². The van der Waals surface area contributed by atoms with Gasteiger partial charge in [-0.1, -0.05) is 30.3 Å². The molecule has 2 aliphatic heterocycles. The van der Waals surface area contributed by atoms with Crippen LogP contribution in [0.15, 0.2) is 30.3 Å². The van der Waals surface area contributed by atoms with E-state index in [0.717, 1.165) is 19.4 Å². The van der Waals surface area contributed by atoms with E-state index < -0.39 is 0 Å². The average molecular weight is 315 g/mol. The van der Waals surface area contributed by atoms with Crippen LogP contribution in [-0.4, -0.2) is 65.8 Å². The molecule has 0 N–H and O–H groups in total. The number of rotatable bonds is 3. The highest BCUT2D eigenvalue weighted by Gasteiger charge is 2.30. The fourth-order valence-electron chi connectivity index (χ4n) is 3.61. The lowest BCUT2D eigenvalue weighted by Crippen LogP contribution is -2.52. The van der Waals surface area contributed by atoms with Crippen LogP contribution in [0.3, 0.4) is 0 Å². The molecule has 2 saturated heterocycles. The van der Waals surface area contributed by atoms with Crippen LogP contribution in [-0.2, 0) is 9.59 Å². The van der Waals surface area contributed by atoms with Gasteiger partial charge in [-0.2, -0.15) is 0 Å². The molecular formula is C18H25N3O2. The molecule has 3 rings (SSSR count). The van der Waals surface area contributed by atoms with E-state index in [2.05, 4.69) is 29.2 Å². The van der Waals surface area contributed by atoms with E-state index >= 15 is 0 Å². The Balaban J connectivity index is 1.56. The Bertz CT molecular complexity index is 553. The smallest absolute Gasteiger partial charge is 0.236 e. The SMILES string of the molecule is CC(=O)N1CCN(C(=O)CN2CCCC2c2ccccc2)CC1. The standard InChI is InChI=1S/C18H25N3O2/c1-15(22)19-10-12-20(13-11-19)18(23)14-21-9-5-8-17(21)16-6-3-2-4-7-16/h2-4,6-7,17H,5,8-14H2,1H3. The molecule has 0 radical (unpaired) electrons. The molecule has 2 heterocycles. The Morgan fingerprint density at radius 3 is 2.30 bits per heavy atom. The molecule has 124 valence electrons. The van der Waals surface area contributed by atoms with Crippen molar-refractivity contribution in [2.45, 2.75) is 25.8 Å². The number of amides is 2. The van der Waals surface area contributed by atoms with E-state index in [1.54, 1.807) is 6.92 Å². The van der Waals surface area contributed by atoms with Gasteiger partial charge in [0.1, 0.15) is 0 Å². The van der Waals surface area contributed by atoms with Crippen molar-refractivity contribution < 1.29 is 9.59 Å². The molecule has 1 aromatic rings. The van der Waals surface area contributed by atoms with Crippen molar-refractivity contribution in [2.75, 3.05) is 39.3 Å². The van der Waals surface area contributed by atoms with Crippen molar-refractivity contribution in [3.63, 3.8) is 0 Å². The number of likely N-dealkylation sites (tertiary alicyclic amines) is 1. The first kappa shape index (κ1) is 16.0. The maximum Gasteiger partial charge on any atom is 0.236 e. The van der Waals surface area contributed by atoms with Gasteiger partial charge in [-0.25, -0.2) is 0 Å². The molecule has 5 nitrogen and oxygen atoms in total. The zero-order valence-corrected chi connectivity index (χ0v) is 13.8. The molecule has 2 amide bonds. The van der Waals surface area contributed by atoms with Gasteiger partial charge in [-0.05, 0) is 24.9 Å². The molecule has 0 aliphatic carbocycles. The van der Waals surface area contributed by atoms with Gasteiger partial charge in [0.2, 0.25) is 11.8 Å². The summed E-state index contributed by atoms with van der Waals surface area (Å²) in [5.74, 6) is 0.289. The van der Waals surface area contributed by atoms with Gasteiger partial charge < -0.3 is 9.80 Å². The van der Waals surface area contributed by atoms with Crippen molar-refractivity contribution >= 4 is 11.8 Å². The van der Waals surface area contributed by atoms with Crippen LogP contribution in [0.1, 0.15) is 31.4 Å². The van der Waals surface area contributed by atoms with Gasteiger partial charge >= 0.3 is 0 Å². The molecule has 0 spiro atoms. The molecular weight excluding hydrogens is 290 g/mol. The summed E-state index contributed by atoms with van der Waals surface area (Å²) in [5.41, 5.74) is 1.30. The van der Waals surface area contributed by atoms with Crippen LogP contribution in [0.2, 0.25) is 0 Å². The largest absolute Gasteiger partial charge is 0.339 e. The van der Waals surface area contributed by atoms with Crippen LogP contribution in [0, 0.1) is 0 Å². The number of piperazine rings is 1. The molecule has 5 heteroatoms. The number of carbonyl (C=O) groups is 2. The van der Waals surface area contributed by atoms with Crippen LogP contribution >= 0.6 is 0 Å². The zero-order valence-electron chi connectivity index (χ0n) is 13.8. The third kappa shape index (κ3) is 3.72. The molecule has 1 aromatic carbocycles. The van der Waals surface area contributed by atoms with Crippen molar-refractivity contribution in [3.8, 4) is 0 Å². The summed E-state index contributed by atoms with van der Waals surface area (Å²) in [4.78, 5) is 30.0. The van der Waals surface area contributed by atoms with Gasteiger partial charge in [-0.15, -0.1) is 0 Å². The second-order valence-corrected chi connectivity index (χ2v) is 6.43. The quantitative estimate of drug-likeness (QED) is 0.849. The maximum absolute atomic E-state index is 12.6. The maximum atomic E-state index is 12.6. The van der Waals surface area contributed by atoms with Crippen molar-refractivity contribution in [3.05, 3.63) is 35.9 Å². The first-order valence-corrected chi connectivity index (χ1v) is 8.47. The number of benzene rings is 1. The summed E-state index contributed by atoms with van der Waals surface area (Å²) in [7, 11) is 0. The van der Waals surface area contributed by atoms with Crippen molar-refractivity contribution in [1.82, 2.24) is 14.7 Å². The lowest BCUT2D eigenvalue weighted by molar-refractivity contribution is -0.139. The lowest BCUT2D eigenvalue weighted by Gasteiger charge is -2.35. The second-order valence-electron chi connectivity index (χ2n) is 6.43. The van der Waals surface area contributed by atoms with Crippen molar-refractivity contribution in [1.29, 1.82) is 0 Å². The number of carbonyl (C=O) groups excluding carboxylic acids is 2. The minimum absolute atomic E-state index is 0.0979. The van der Waals surface area contributed by atoms with E-state index in [9.17, 15) is 9.59 Å². The monoisotopic (exact) mass is 315 g/mol. The van der Waals surface area contributed by atoms with Gasteiger partial charge in [0.15, 0.2) is 0 Å². The Morgan fingerprint density at radius 2 is 1.65 bits per heavy atom. The van der Waals surface area contributed by atoms with E-state index in [-0.39, 0.29) is 11.8 Å². The molecule has 23 heavy (non-hydrogen) atoms. The summed E-state index contributed by atoms with van der Waals surface area (Å²) in [5, 5.41) is 0. The van der Waals surface area contributed by atoms with E-state index in [4.69, 9.17) is 0 Å². The van der Waals surface area contributed by atoms with E-state index in [1.165, 1.54) is 5.56 Å². The molecule has 1 atom stereocenters. The summed E-state index contributed by atoms with van der Waals surface area (Å²) in [6.07, 6.45) is 2.26. The number of hydrogen-bond donors (Lipinski definition) is 0. The van der Waals surface area contributed by atoms with Gasteiger partial charge in [-0.3, -0.25) is 14.5 Å². The Kier molecular flexibility index (Phi) is 4.96. The van der Waals surface area contributed by atoms with Crippen LogP contribution in [0.25, 0.3) is 0 Å². The predicted molar refractivity (Wildman–Crippen MR) is 88.8 cm³/mol. The molecule has 2 fully saturated rings. The highest BCUT2D eigenvalue weighted by atomic mass is 16.2. The number of hydrogen-bond acceptors (Lipinski definition) is 3. The average Bonchev–Trinajstić information content (AvgIpc) is 3.04. The molecule has 0 bridgehead atoms. The Labute approximate surface area is 137 Å². The highest BCUT2D eigenvalue weighted by molar-refractivity contribution is 5.79. The summed E-state index contributed by atoms with van der Waals surface area (Å²) >= 11 is 0. The Morgan fingerprint density at radius 1 is 1.00 bits per heavy atom. The fraction of sp³-hybridized carbons (Fsp3) is 0.556. The summed E-state index contributed by atoms with van der Waals surface area (Å²) in [6.45, 7) is 5.68. The van der Waals surface area contributed by atoms with Crippen molar-refractivity contribution in [2.24, 2.45) is 0 Å². The van der Waals surface area contributed by atoms with E-state index in [0.29, 0.717) is 38.8 Å². The zero-order chi connectivity index (χ0) is 16.2. The minimum atomic E-state index is 0.0979. The first-order chi connectivity index (χ1) is 11.1.